The minimum atomic E-state index is -4.60. The Balaban J connectivity index is 4.43. The van der Waals surface area contributed by atoms with Gasteiger partial charge in [0.15, 0.2) is 0 Å². The number of nitrogens with zero attached hydrogens (tertiary/aromatic N) is 1. The minimum absolute atomic E-state index is 1.36. The third kappa shape index (κ3) is 4.61. The van der Waals surface area contributed by atoms with E-state index in [9.17, 15) is 13.2 Å². The van der Waals surface area contributed by atoms with Crippen LogP contribution in [0.2, 0.25) is 19.6 Å². The molecule has 0 bridgehead atoms. The van der Waals surface area contributed by atoms with Crippen LogP contribution < -0.4 is 0 Å². The van der Waals surface area contributed by atoms with Gasteiger partial charge in [-0.25, -0.2) is 0 Å². The Morgan fingerprint density at radius 3 is 1.83 bits per heavy atom. The molecule has 0 aliphatic heterocycles. The molecule has 0 N–H and O–H groups in total. The smallest absolute Gasteiger partial charge is 0.468 e. The Hall–Kier alpha value is -0.233. The molecular weight excluding hydrogens is 211 g/mol. The molecule has 12 heavy (non-hydrogen) atoms. The van der Waals surface area contributed by atoms with E-state index >= 15 is 0 Å². The highest BCUT2D eigenvalue weighted by Crippen LogP contribution is 2.21. The fourth-order valence-electron chi connectivity index (χ4n) is 0.413. The van der Waals surface area contributed by atoms with E-state index in [-0.39, 0.29) is 0 Å². The Labute approximate surface area is 74.6 Å². The van der Waals surface area contributed by atoms with E-state index in [1.165, 1.54) is 0 Å². The van der Waals surface area contributed by atoms with Crippen molar-refractivity contribution < 1.29 is 17.6 Å². The van der Waals surface area contributed by atoms with Gasteiger partial charge in [0, 0.05) is 11.8 Å². The van der Waals surface area contributed by atoms with Gasteiger partial charge in [-0.3, -0.25) is 0 Å². The van der Waals surface area contributed by atoms with E-state index in [0.29, 0.717) is 0 Å². The third-order valence-electron chi connectivity index (χ3n) is 0.722. The summed E-state index contributed by atoms with van der Waals surface area (Å²) in [6.45, 7) is 4.84. The number of halogens is 4. The average molecular weight is 220 g/mol. The van der Waals surface area contributed by atoms with Crippen molar-refractivity contribution >= 4 is 26.0 Å². The first-order valence-corrected chi connectivity index (χ1v) is 6.86. The maximum absolute atomic E-state index is 11.9. The molecule has 0 rings (SSSR count). The van der Waals surface area contributed by atoms with Crippen molar-refractivity contribution in [2.45, 2.75) is 25.8 Å². The molecule has 2 nitrogen and oxygen atoms in total. The molecule has 0 aromatic rings. The number of hydrogen-bond donors (Lipinski definition) is 0. The van der Waals surface area contributed by atoms with E-state index in [0.717, 1.165) is 0 Å². The summed E-state index contributed by atoms with van der Waals surface area (Å²) in [5.41, 5.74) is 0. The van der Waals surface area contributed by atoms with Crippen LogP contribution in [-0.2, 0) is 4.43 Å². The zero-order valence-corrected chi connectivity index (χ0v) is 8.62. The Kier molecular flexibility index (Phi) is 3.58. The van der Waals surface area contributed by atoms with Crippen LogP contribution in [0.3, 0.4) is 0 Å². The second kappa shape index (κ2) is 3.65. The van der Waals surface area contributed by atoms with E-state index in [2.05, 4.69) is 8.94 Å². The molecule has 0 fully saturated rings. The van der Waals surface area contributed by atoms with Gasteiger partial charge >= 0.3 is 6.18 Å². The fourth-order valence-corrected chi connectivity index (χ4v) is 1.34. The van der Waals surface area contributed by atoms with Crippen molar-refractivity contribution in [3.63, 3.8) is 0 Å². The molecule has 0 saturated heterocycles. The summed E-state index contributed by atoms with van der Waals surface area (Å²) in [4.78, 5) is 0. The van der Waals surface area contributed by atoms with Crippen molar-refractivity contribution in [1.29, 1.82) is 0 Å². The summed E-state index contributed by atoms with van der Waals surface area (Å²) in [5.74, 6) is -1.36. The van der Waals surface area contributed by atoms with Crippen LogP contribution >= 0.6 is 11.8 Å². The number of alkyl halides is 3. The summed E-state index contributed by atoms with van der Waals surface area (Å²) in [5, 5.41) is 0. The standard InChI is InChI=1S/C5H9ClF3NOSi/c1-12(2,3)11-4(10-6)5(7,8)9/h1-3H3. The largest absolute Gasteiger partial charge is 0.527 e. The second-order valence-electron chi connectivity index (χ2n) is 3.10. The molecule has 0 saturated carbocycles. The lowest BCUT2D eigenvalue weighted by Crippen LogP contribution is -2.36. The van der Waals surface area contributed by atoms with Crippen LogP contribution in [0.5, 0.6) is 0 Å². The average Bonchev–Trinajstić information content (AvgIpc) is 1.78. The lowest BCUT2D eigenvalue weighted by atomic mass is 10.7. The highest BCUT2D eigenvalue weighted by molar-refractivity contribution is 6.71. The molecule has 0 aromatic heterocycles. The minimum Gasteiger partial charge on any atom is -0.527 e. The predicted molar refractivity (Wildman–Crippen MR) is 43.8 cm³/mol. The maximum atomic E-state index is 11.9. The van der Waals surface area contributed by atoms with Gasteiger partial charge in [0.05, 0.1) is 0 Å². The summed E-state index contributed by atoms with van der Waals surface area (Å²) < 4.78 is 42.9. The summed E-state index contributed by atoms with van der Waals surface area (Å²) in [7, 11) is -2.29. The fraction of sp³-hybridized carbons (Fsp3) is 0.800. The number of hydrogen-bond acceptors (Lipinski definition) is 2. The lowest BCUT2D eigenvalue weighted by molar-refractivity contribution is -0.0712. The number of rotatable bonds is 1. The van der Waals surface area contributed by atoms with Crippen LogP contribution in [-0.4, -0.2) is 20.4 Å². The molecular formula is C5H9ClF3NOSi. The molecule has 0 aliphatic carbocycles. The third-order valence-corrected chi connectivity index (χ3v) is 1.68. The quantitative estimate of drug-likeness (QED) is 0.378. The molecule has 7 heteroatoms. The molecule has 0 aromatic carbocycles. The van der Waals surface area contributed by atoms with Gasteiger partial charge in [-0.1, -0.05) is 0 Å². The van der Waals surface area contributed by atoms with Crippen LogP contribution in [0, 0.1) is 0 Å². The first-order valence-electron chi connectivity index (χ1n) is 3.12. The molecule has 0 heterocycles. The van der Waals surface area contributed by atoms with Crippen LogP contribution in [0.25, 0.3) is 0 Å². The predicted octanol–water partition coefficient (Wildman–Crippen LogP) is 2.95. The molecule has 0 amide bonds. The molecule has 0 unspecified atom stereocenters. The molecule has 0 aliphatic rings. The van der Waals surface area contributed by atoms with Gasteiger partial charge in [-0.05, 0) is 19.6 Å². The highest BCUT2D eigenvalue weighted by atomic mass is 35.5. The van der Waals surface area contributed by atoms with E-state index < -0.39 is 20.4 Å². The zero-order valence-electron chi connectivity index (χ0n) is 6.87. The molecule has 0 atom stereocenters. The SMILES string of the molecule is C[Si](C)(C)OC(=NCl)C(F)(F)F. The normalized spacial score (nSPS) is 14.8. The maximum Gasteiger partial charge on any atom is 0.468 e. The topological polar surface area (TPSA) is 21.6 Å². The van der Waals surface area contributed by atoms with Crippen molar-refractivity contribution in [2.75, 3.05) is 0 Å². The van der Waals surface area contributed by atoms with Gasteiger partial charge in [0.1, 0.15) is 0 Å². The molecule has 0 radical (unpaired) electrons. The van der Waals surface area contributed by atoms with Gasteiger partial charge in [-0.2, -0.15) is 13.2 Å². The first kappa shape index (κ1) is 11.8. The van der Waals surface area contributed by atoms with Crippen molar-refractivity contribution in [3.05, 3.63) is 0 Å². The molecule has 72 valence electrons. The summed E-state index contributed by atoms with van der Waals surface area (Å²) in [6, 6.07) is 0. The highest BCUT2D eigenvalue weighted by Gasteiger charge is 2.40. The van der Waals surface area contributed by atoms with Gasteiger partial charge < -0.3 is 4.43 Å². The van der Waals surface area contributed by atoms with E-state index in [1.54, 1.807) is 19.6 Å². The summed E-state index contributed by atoms with van der Waals surface area (Å²) >= 11 is 4.72. The zero-order chi connectivity index (χ0) is 9.99. The van der Waals surface area contributed by atoms with Crippen molar-refractivity contribution in [3.8, 4) is 0 Å². The van der Waals surface area contributed by atoms with Gasteiger partial charge in [0.2, 0.25) is 8.32 Å². The van der Waals surface area contributed by atoms with Crippen LogP contribution in [0.15, 0.2) is 4.51 Å². The Morgan fingerprint density at radius 2 is 1.75 bits per heavy atom. The second-order valence-corrected chi connectivity index (χ2v) is 7.70. The lowest BCUT2D eigenvalue weighted by Gasteiger charge is -2.20. The van der Waals surface area contributed by atoms with Crippen LogP contribution in [0.4, 0.5) is 13.2 Å². The van der Waals surface area contributed by atoms with Crippen molar-refractivity contribution in [2.24, 2.45) is 4.51 Å². The van der Waals surface area contributed by atoms with Gasteiger partial charge in [-0.15, -0.1) is 4.51 Å². The molecule has 0 spiro atoms. The Bertz CT molecular complexity index is 186. The summed E-state index contributed by atoms with van der Waals surface area (Å²) in [6.07, 6.45) is -4.60. The van der Waals surface area contributed by atoms with Crippen LogP contribution in [0.1, 0.15) is 0 Å². The van der Waals surface area contributed by atoms with Gasteiger partial charge in [0.25, 0.3) is 5.90 Å². The first-order chi connectivity index (χ1) is 5.17. The Morgan fingerprint density at radius 1 is 1.33 bits per heavy atom. The van der Waals surface area contributed by atoms with E-state index in [1.807, 2.05) is 0 Å². The van der Waals surface area contributed by atoms with Crippen molar-refractivity contribution in [1.82, 2.24) is 0 Å². The monoisotopic (exact) mass is 219 g/mol. The van der Waals surface area contributed by atoms with E-state index in [4.69, 9.17) is 11.8 Å².